The van der Waals surface area contributed by atoms with E-state index in [4.69, 9.17) is 0 Å². The highest BCUT2D eigenvalue weighted by Crippen LogP contribution is 2.67. The van der Waals surface area contributed by atoms with Crippen molar-refractivity contribution >= 4 is 0 Å². The molecule has 2 N–H and O–H groups in total. The van der Waals surface area contributed by atoms with E-state index in [9.17, 15) is 23.4 Å². The summed E-state index contributed by atoms with van der Waals surface area (Å²) in [5.41, 5.74) is 1.44. The third kappa shape index (κ3) is 4.19. The number of alkyl halides is 3. The lowest BCUT2D eigenvalue weighted by atomic mass is 9.46. The molecule has 0 bridgehead atoms. The molecule has 0 aromatic carbocycles. The first-order valence-electron chi connectivity index (χ1n) is 12.9. The highest BCUT2D eigenvalue weighted by molar-refractivity contribution is 5.26. The molecule has 3 fully saturated rings. The number of rotatable bonds is 5. The van der Waals surface area contributed by atoms with Crippen LogP contribution in [0.25, 0.3) is 0 Å². The molecule has 2 nitrogen and oxygen atoms in total. The van der Waals surface area contributed by atoms with Gasteiger partial charge < -0.3 is 10.2 Å². The van der Waals surface area contributed by atoms with Gasteiger partial charge in [0.15, 0.2) is 0 Å². The molecule has 184 valence electrons. The van der Waals surface area contributed by atoms with Gasteiger partial charge in [-0.2, -0.15) is 13.2 Å². The van der Waals surface area contributed by atoms with E-state index in [0.29, 0.717) is 36.0 Å². The Bertz CT molecular complexity index is 729. The number of hydrogen-bond acceptors (Lipinski definition) is 2. The first-order chi connectivity index (χ1) is 14.8. The summed E-state index contributed by atoms with van der Waals surface area (Å²) in [5.74, 6) is 3.08. The predicted molar refractivity (Wildman–Crippen MR) is 121 cm³/mol. The van der Waals surface area contributed by atoms with Crippen molar-refractivity contribution in [2.45, 2.75) is 116 Å². The molecule has 0 spiro atoms. The van der Waals surface area contributed by atoms with E-state index in [-0.39, 0.29) is 17.3 Å². The van der Waals surface area contributed by atoms with E-state index in [1.54, 1.807) is 0 Å². The molecule has 4 rings (SSSR count). The van der Waals surface area contributed by atoms with Crippen LogP contribution in [0, 0.1) is 40.4 Å². The van der Waals surface area contributed by atoms with Crippen LogP contribution in [0.4, 0.5) is 13.2 Å². The molecule has 3 saturated carbocycles. The Kier molecular flexibility index (Phi) is 6.36. The van der Waals surface area contributed by atoms with Crippen molar-refractivity contribution in [1.82, 2.24) is 0 Å². The summed E-state index contributed by atoms with van der Waals surface area (Å²) in [6.45, 7) is 9.14. The molecule has 0 heterocycles. The number of halogens is 3. The van der Waals surface area contributed by atoms with E-state index in [2.05, 4.69) is 26.8 Å². The van der Waals surface area contributed by atoms with Gasteiger partial charge in [-0.25, -0.2) is 0 Å². The fraction of sp³-hybridized carbons (Fsp3) is 0.926. The standard InChI is InChI=1S/C27H43F3O2/c1-17(6-5-7-23(31)27(28,29)30)20-10-11-21-19-9-8-18-16-24(2,32)14-15-25(18,3)22(19)12-13-26(20,21)4/h8,17,19-23,31-32H,5-7,9-16H2,1-4H3/t17-,19+,20-,21+,22+,23-,24+,25+,26-/m1/s1. The molecule has 0 amide bonds. The average Bonchev–Trinajstić information content (AvgIpc) is 3.05. The number of hydrogen-bond donors (Lipinski definition) is 2. The maximum Gasteiger partial charge on any atom is 0.414 e. The van der Waals surface area contributed by atoms with Crippen molar-refractivity contribution in [3.05, 3.63) is 11.6 Å². The summed E-state index contributed by atoms with van der Waals surface area (Å²) in [6, 6.07) is 0. The predicted octanol–water partition coefficient (Wildman–Crippen LogP) is 7.05. The summed E-state index contributed by atoms with van der Waals surface area (Å²) in [4.78, 5) is 0. The quantitative estimate of drug-likeness (QED) is 0.435. The van der Waals surface area contributed by atoms with Crippen LogP contribution in [0.5, 0.6) is 0 Å². The van der Waals surface area contributed by atoms with Crippen LogP contribution in [-0.2, 0) is 0 Å². The molecule has 5 heteroatoms. The van der Waals surface area contributed by atoms with Crippen molar-refractivity contribution < 1.29 is 23.4 Å². The van der Waals surface area contributed by atoms with Crippen LogP contribution in [0.15, 0.2) is 11.6 Å². The third-order valence-corrected chi connectivity index (χ3v) is 10.7. The number of allylic oxidation sites excluding steroid dienone is 1. The first-order valence-corrected chi connectivity index (χ1v) is 12.9. The Morgan fingerprint density at radius 2 is 1.75 bits per heavy atom. The number of aliphatic hydroxyl groups is 2. The lowest BCUT2D eigenvalue weighted by Crippen LogP contribution is -2.52. The molecule has 4 aliphatic rings. The molecule has 0 aromatic heterocycles. The molecule has 0 saturated heterocycles. The number of fused-ring (bicyclic) bond motifs is 5. The van der Waals surface area contributed by atoms with Gasteiger partial charge in [-0.1, -0.05) is 45.3 Å². The summed E-state index contributed by atoms with van der Waals surface area (Å²) in [5, 5.41) is 20.0. The topological polar surface area (TPSA) is 40.5 Å². The summed E-state index contributed by atoms with van der Waals surface area (Å²) in [7, 11) is 0. The highest BCUT2D eigenvalue weighted by atomic mass is 19.4. The fourth-order valence-electron chi connectivity index (χ4n) is 8.78. The van der Waals surface area contributed by atoms with E-state index < -0.39 is 17.9 Å². The Labute approximate surface area is 192 Å². The van der Waals surface area contributed by atoms with Gasteiger partial charge in [-0.15, -0.1) is 0 Å². The summed E-state index contributed by atoms with van der Waals surface area (Å²) in [6.07, 6.45) is 5.62. The average molecular weight is 457 g/mol. The van der Waals surface area contributed by atoms with Crippen molar-refractivity contribution in [2.75, 3.05) is 0 Å². The van der Waals surface area contributed by atoms with Gasteiger partial charge in [-0.3, -0.25) is 0 Å². The van der Waals surface area contributed by atoms with Crippen molar-refractivity contribution in [2.24, 2.45) is 40.4 Å². The second-order valence-corrected chi connectivity index (χ2v) is 12.6. The van der Waals surface area contributed by atoms with Crippen molar-refractivity contribution in [3.63, 3.8) is 0 Å². The molecule has 0 aromatic rings. The first kappa shape index (κ1) is 24.6. The van der Waals surface area contributed by atoms with Gasteiger partial charge in [-0.05, 0) is 105 Å². The van der Waals surface area contributed by atoms with Crippen molar-refractivity contribution in [1.29, 1.82) is 0 Å². The van der Waals surface area contributed by atoms with Gasteiger partial charge in [0.25, 0.3) is 0 Å². The highest BCUT2D eigenvalue weighted by Gasteiger charge is 2.59. The Hall–Kier alpha value is -0.550. The van der Waals surface area contributed by atoms with Gasteiger partial charge in [0.05, 0.1) is 5.60 Å². The zero-order valence-corrected chi connectivity index (χ0v) is 20.3. The normalized spacial score (nSPS) is 46.0. The smallest absolute Gasteiger partial charge is 0.390 e. The maximum atomic E-state index is 12.6. The molecule has 0 radical (unpaired) electrons. The summed E-state index contributed by atoms with van der Waals surface area (Å²) >= 11 is 0. The Morgan fingerprint density at radius 3 is 2.44 bits per heavy atom. The minimum atomic E-state index is -4.50. The van der Waals surface area contributed by atoms with E-state index >= 15 is 0 Å². The van der Waals surface area contributed by atoms with E-state index in [1.165, 1.54) is 31.3 Å². The fourth-order valence-corrected chi connectivity index (χ4v) is 8.78. The lowest BCUT2D eigenvalue weighted by molar-refractivity contribution is -0.205. The lowest BCUT2D eigenvalue weighted by Gasteiger charge is -2.59. The van der Waals surface area contributed by atoms with Crippen LogP contribution in [0.3, 0.4) is 0 Å². The van der Waals surface area contributed by atoms with Crippen LogP contribution >= 0.6 is 0 Å². The third-order valence-electron chi connectivity index (χ3n) is 10.7. The molecule has 0 unspecified atom stereocenters. The van der Waals surface area contributed by atoms with Crippen LogP contribution in [0.2, 0.25) is 0 Å². The Morgan fingerprint density at radius 1 is 1.03 bits per heavy atom. The zero-order chi connectivity index (χ0) is 23.5. The van der Waals surface area contributed by atoms with Gasteiger partial charge in [0, 0.05) is 0 Å². The maximum absolute atomic E-state index is 12.6. The second-order valence-electron chi connectivity index (χ2n) is 12.6. The largest absolute Gasteiger partial charge is 0.414 e. The number of aliphatic hydroxyl groups excluding tert-OH is 1. The molecule has 0 aliphatic heterocycles. The second kappa shape index (κ2) is 8.29. The molecular weight excluding hydrogens is 413 g/mol. The minimum absolute atomic E-state index is 0.179. The molecule has 4 aliphatic carbocycles. The van der Waals surface area contributed by atoms with Gasteiger partial charge in [0.1, 0.15) is 6.10 Å². The van der Waals surface area contributed by atoms with Crippen LogP contribution in [0.1, 0.15) is 98.3 Å². The molecule has 9 atom stereocenters. The van der Waals surface area contributed by atoms with E-state index in [0.717, 1.165) is 32.1 Å². The van der Waals surface area contributed by atoms with Crippen molar-refractivity contribution in [3.8, 4) is 0 Å². The molecule has 32 heavy (non-hydrogen) atoms. The zero-order valence-electron chi connectivity index (χ0n) is 20.3. The molecular formula is C27H43F3O2. The van der Waals surface area contributed by atoms with Gasteiger partial charge >= 0.3 is 6.18 Å². The van der Waals surface area contributed by atoms with Crippen LogP contribution < -0.4 is 0 Å². The minimum Gasteiger partial charge on any atom is -0.390 e. The monoisotopic (exact) mass is 456 g/mol. The SMILES string of the molecule is C[C@H](CCC[C@@H](O)C(F)(F)F)[C@H]1CC[C@H]2[C@@H]3CC=C4C[C@@](C)(O)CC[C@]4(C)[C@H]3CC[C@]12C. The summed E-state index contributed by atoms with van der Waals surface area (Å²) < 4.78 is 37.9. The van der Waals surface area contributed by atoms with Gasteiger partial charge in [0.2, 0.25) is 0 Å². The van der Waals surface area contributed by atoms with E-state index in [1.807, 2.05) is 6.92 Å². The van der Waals surface area contributed by atoms with Crippen LogP contribution in [-0.4, -0.2) is 28.1 Å². The Balaban J connectivity index is 1.43.